The number of unbranched alkanes of at least 4 members (excludes halogenated alkanes) is 3. The Kier molecular flexibility index (Phi) is 5.57. The fraction of sp³-hybridized carbons (Fsp3) is 0.900. The van der Waals surface area contributed by atoms with Crippen molar-refractivity contribution < 1.29 is 5.11 Å². The van der Waals surface area contributed by atoms with Crippen molar-refractivity contribution in [3.05, 3.63) is 6.92 Å². The van der Waals surface area contributed by atoms with E-state index in [0.717, 1.165) is 19.3 Å². The van der Waals surface area contributed by atoms with Crippen molar-refractivity contribution in [2.45, 2.75) is 58.0 Å². The molecular formula is C10H21O. The highest BCUT2D eigenvalue weighted by atomic mass is 16.3. The second-order valence-corrected chi connectivity index (χ2v) is 3.39. The highest BCUT2D eigenvalue weighted by Crippen LogP contribution is 2.17. The molecule has 0 saturated heterocycles. The van der Waals surface area contributed by atoms with Gasteiger partial charge >= 0.3 is 0 Å². The Morgan fingerprint density at radius 2 is 1.82 bits per heavy atom. The Bertz CT molecular complexity index is 86.9. The molecule has 0 bridgehead atoms. The molecule has 1 N–H and O–H groups in total. The first kappa shape index (κ1) is 11.0. The molecule has 11 heavy (non-hydrogen) atoms. The molecule has 0 fully saturated rings. The zero-order valence-electron chi connectivity index (χ0n) is 7.90. The summed E-state index contributed by atoms with van der Waals surface area (Å²) in [5, 5.41) is 9.51. The van der Waals surface area contributed by atoms with Crippen LogP contribution in [-0.4, -0.2) is 10.7 Å². The van der Waals surface area contributed by atoms with Crippen molar-refractivity contribution in [3.63, 3.8) is 0 Å². The minimum Gasteiger partial charge on any atom is -0.390 e. The van der Waals surface area contributed by atoms with Gasteiger partial charge in [-0.3, -0.25) is 0 Å². The molecule has 0 saturated carbocycles. The summed E-state index contributed by atoms with van der Waals surface area (Å²) in [4.78, 5) is 0. The van der Waals surface area contributed by atoms with E-state index in [1.54, 1.807) is 0 Å². The van der Waals surface area contributed by atoms with Gasteiger partial charge in [0.2, 0.25) is 0 Å². The van der Waals surface area contributed by atoms with Crippen LogP contribution >= 0.6 is 0 Å². The lowest BCUT2D eigenvalue weighted by Gasteiger charge is -2.20. The third-order valence-corrected chi connectivity index (χ3v) is 2.15. The number of hydrogen-bond donors (Lipinski definition) is 1. The van der Waals surface area contributed by atoms with E-state index >= 15 is 0 Å². The zero-order chi connectivity index (χ0) is 8.74. The van der Waals surface area contributed by atoms with Gasteiger partial charge in [0.05, 0.1) is 5.60 Å². The third-order valence-electron chi connectivity index (χ3n) is 2.15. The molecule has 0 heterocycles. The molecule has 0 aliphatic rings. The first-order valence-electron chi connectivity index (χ1n) is 4.70. The van der Waals surface area contributed by atoms with Gasteiger partial charge < -0.3 is 5.11 Å². The molecule has 0 amide bonds. The van der Waals surface area contributed by atoms with Gasteiger partial charge in [-0.25, -0.2) is 0 Å². The standard InChI is InChI=1S/C10H21O/c1-4-6-7-8-9-10(3,11)5-2/h11H,3-9H2,1-2H3. The summed E-state index contributed by atoms with van der Waals surface area (Å²) in [5.74, 6) is 0. The predicted octanol–water partition coefficient (Wildman–Crippen LogP) is 2.93. The van der Waals surface area contributed by atoms with E-state index in [1.807, 2.05) is 6.92 Å². The largest absolute Gasteiger partial charge is 0.390 e. The van der Waals surface area contributed by atoms with E-state index in [1.165, 1.54) is 19.3 Å². The summed E-state index contributed by atoms with van der Waals surface area (Å²) in [7, 11) is 0. The molecule has 1 unspecified atom stereocenters. The van der Waals surface area contributed by atoms with Crippen LogP contribution in [0.3, 0.4) is 0 Å². The monoisotopic (exact) mass is 157 g/mol. The van der Waals surface area contributed by atoms with Crippen molar-refractivity contribution in [1.82, 2.24) is 0 Å². The minimum atomic E-state index is -0.659. The Morgan fingerprint density at radius 1 is 1.18 bits per heavy atom. The molecule has 0 aromatic rings. The molecular weight excluding hydrogens is 136 g/mol. The minimum absolute atomic E-state index is 0.659. The van der Waals surface area contributed by atoms with E-state index in [4.69, 9.17) is 0 Å². The van der Waals surface area contributed by atoms with E-state index in [-0.39, 0.29) is 0 Å². The molecule has 1 radical (unpaired) electrons. The molecule has 67 valence electrons. The van der Waals surface area contributed by atoms with Gasteiger partial charge in [-0.15, -0.1) is 0 Å². The van der Waals surface area contributed by atoms with Crippen molar-refractivity contribution in [3.8, 4) is 0 Å². The number of aliphatic hydroxyl groups is 1. The van der Waals surface area contributed by atoms with Crippen LogP contribution in [0.15, 0.2) is 0 Å². The van der Waals surface area contributed by atoms with E-state index in [0.29, 0.717) is 0 Å². The highest BCUT2D eigenvalue weighted by molar-refractivity contribution is 4.78. The number of rotatable bonds is 6. The normalized spacial score (nSPS) is 16.4. The van der Waals surface area contributed by atoms with Crippen LogP contribution in [0.2, 0.25) is 0 Å². The Morgan fingerprint density at radius 3 is 2.27 bits per heavy atom. The fourth-order valence-corrected chi connectivity index (χ4v) is 1.06. The maximum Gasteiger partial charge on any atom is 0.0646 e. The van der Waals surface area contributed by atoms with Gasteiger partial charge in [-0.1, -0.05) is 39.5 Å². The second-order valence-electron chi connectivity index (χ2n) is 3.39. The summed E-state index contributed by atoms with van der Waals surface area (Å²) in [6.07, 6.45) is 6.49. The topological polar surface area (TPSA) is 20.2 Å². The van der Waals surface area contributed by atoms with Crippen LogP contribution in [0.4, 0.5) is 0 Å². The van der Waals surface area contributed by atoms with Crippen molar-refractivity contribution in [1.29, 1.82) is 0 Å². The molecule has 1 atom stereocenters. The van der Waals surface area contributed by atoms with Crippen LogP contribution in [0, 0.1) is 6.92 Å². The van der Waals surface area contributed by atoms with Gasteiger partial charge in [0, 0.05) is 0 Å². The SMILES string of the molecule is [CH2]C(O)(CC)CCCCCC. The Labute approximate surface area is 70.8 Å². The molecule has 1 heteroatoms. The highest BCUT2D eigenvalue weighted by Gasteiger charge is 2.15. The fourth-order valence-electron chi connectivity index (χ4n) is 1.06. The lowest BCUT2D eigenvalue weighted by Crippen LogP contribution is -2.22. The van der Waals surface area contributed by atoms with Gasteiger partial charge in [0.25, 0.3) is 0 Å². The first-order valence-corrected chi connectivity index (χ1v) is 4.70. The molecule has 0 aromatic heterocycles. The third kappa shape index (κ3) is 6.36. The molecule has 0 aliphatic heterocycles. The van der Waals surface area contributed by atoms with E-state index in [9.17, 15) is 5.11 Å². The number of hydrogen-bond acceptors (Lipinski definition) is 1. The van der Waals surface area contributed by atoms with E-state index in [2.05, 4.69) is 13.8 Å². The molecule has 1 nitrogen and oxygen atoms in total. The van der Waals surface area contributed by atoms with Crippen molar-refractivity contribution >= 4 is 0 Å². The molecule has 0 aromatic carbocycles. The van der Waals surface area contributed by atoms with E-state index < -0.39 is 5.60 Å². The van der Waals surface area contributed by atoms with Crippen LogP contribution < -0.4 is 0 Å². The van der Waals surface area contributed by atoms with Gasteiger partial charge in [0.1, 0.15) is 0 Å². The lowest BCUT2D eigenvalue weighted by atomic mass is 9.95. The molecule has 0 rings (SSSR count). The maximum atomic E-state index is 9.51. The van der Waals surface area contributed by atoms with Crippen molar-refractivity contribution in [2.75, 3.05) is 0 Å². The van der Waals surface area contributed by atoms with Crippen LogP contribution in [0.25, 0.3) is 0 Å². The quantitative estimate of drug-likeness (QED) is 0.588. The first-order chi connectivity index (χ1) is 5.12. The smallest absolute Gasteiger partial charge is 0.0646 e. The summed E-state index contributed by atoms with van der Waals surface area (Å²) in [6, 6.07) is 0. The molecule has 0 spiro atoms. The average Bonchev–Trinajstić information content (AvgIpc) is 1.99. The predicted molar refractivity (Wildman–Crippen MR) is 49.4 cm³/mol. The molecule has 0 aliphatic carbocycles. The van der Waals surface area contributed by atoms with Gasteiger partial charge in [-0.2, -0.15) is 0 Å². The summed E-state index contributed by atoms with van der Waals surface area (Å²) in [5.41, 5.74) is -0.659. The van der Waals surface area contributed by atoms with Gasteiger partial charge in [-0.05, 0) is 19.8 Å². The zero-order valence-corrected chi connectivity index (χ0v) is 7.90. The summed E-state index contributed by atoms with van der Waals surface area (Å²) < 4.78 is 0. The van der Waals surface area contributed by atoms with Crippen LogP contribution in [-0.2, 0) is 0 Å². The Hall–Kier alpha value is -0.0400. The summed E-state index contributed by atoms with van der Waals surface area (Å²) >= 11 is 0. The maximum absolute atomic E-state index is 9.51. The van der Waals surface area contributed by atoms with Crippen LogP contribution in [0.1, 0.15) is 52.4 Å². The average molecular weight is 157 g/mol. The van der Waals surface area contributed by atoms with Gasteiger partial charge in [0.15, 0.2) is 0 Å². The van der Waals surface area contributed by atoms with Crippen molar-refractivity contribution in [2.24, 2.45) is 0 Å². The van der Waals surface area contributed by atoms with Crippen LogP contribution in [0.5, 0.6) is 0 Å². The lowest BCUT2D eigenvalue weighted by molar-refractivity contribution is 0.0714. The Balaban J connectivity index is 3.23. The summed E-state index contributed by atoms with van der Waals surface area (Å²) in [6.45, 7) is 7.91. The second kappa shape index (κ2) is 5.59.